The molecule has 0 aliphatic carbocycles. The highest BCUT2D eigenvalue weighted by molar-refractivity contribution is 5.92. The maximum atomic E-state index is 12.6. The van der Waals surface area contributed by atoms with E-state index in [1.807, 2.05) is 37.3 Å². The summed E-state index contributed by atoms with van der Waals surface area (Å²) in [4.78, 5) is 37.3. The molecule has 1 aliphatic heterocycles. The molecule has 1 fully saturated rings. The number of amides is 2. The third kappa shape index (κ3) is 5.53. The second kappa shape index (κ2) is 9.82. The van der Waals surface area contributed by atoms with Gasteiger partial charge in [0.05, 0.1) is 11.0 Å². The maximum absolute atomic E-state index is 12.6. The molecule has 1 N–H and O–H groups in total. The molecule has 30 heavy (non-hydrogen) atoms. The van der Waals surface area contributed by atoms with E-state index in [4.69, 9.17) is 0 Å². The molecular weight excluding hydrogens is 382 g/mol. The number of hydrogen-bond donors (Lipinski definition) is 1. The quantitative estimate of drug-likeness (QED) is 0.449. The van der Waals surface area contributed by atoms with Crippen molar-refractivity contribution in [3.05, 3.63) is 81.9 Å². The van der Waals surface area contributed by atoms with Gasteiger partial charge in [0, 0.05) is 37.2 Å². The van der Waals surface area contributed by atoms with Crippen molar-refractivity contribution in [2.45, 2.75) is 25.8 Å². The summed E-state index contributed by atoms with van der Waals surface area (Å²) in [5, 5.41) is 13.9. The molecule has 0 bridgehead atoms. The van der Waals surface area contributed by atoms with Crippen molar-refractivity contribution in [3.8, 4) is 0 Å². The van der Waals surface area contributed by atoms with Crippen LogP contribution in [0.4, 0.5) is 5.69 Å². The standard InChI is InChI=1S/C23H25N3O4/c1-17(20-8-5-9-21(16-20)26(29)30)24-23(28)19-12-14-25(15-13-19)22(27)11-10-18-6-3-2-4-7-18/h2-11,16-17,19H,12-15H2,1H3,(H,24,28)/b11-10+. The van der Waals surface area contributed by atoms with Crippen molar-refractivity contribution >= 4 is 23.6 Å². The lowest BCUT2D eigenvalue weighted by Crippen LogP contribution is -2.43. The molecule has 2 amide bonds. The summed E-state index contributed by atoms with van der Waals surface area (Å²) >= 11 is 0. The Hall–Kier alpha value is -3.48. The zero-order valence-electron chi connectivity index (χ0n) is 16.9. The number of benzene rings is 2. The highest BCUT2D eigenvalue weighted by atomic mass is 16.6. The third-order valence-electron chi connectivity index (χ3n) is 5.34. The number of rotatable bonds is 6. The zero-order valence-corrected chi connectivity index (χ0v) is 16.9. The van der Waals surface area contributed by atoms with Gasteiger partial charge < -0.3 is 10.2 Å². The predicted molar refractivity (Wildman–Crippen MR) is 114 cm³/mol. The Morgan fingerprint density at radius 1 is 1.13 bits per heavy atom. The van der Waals surface area contributed by atoms with E-state index in [0.29, 0.717) is 31.5 Å². The van der Waals surface area contributed by atoms with E-state index in [0.717, 1.165) is 5.56 Å². The van der Waals surface area contributed by atoms with Crippen LogP contribution in [0.5, 0.6) is 0 Å². The molecule has 1 aliphatic rings. The van der Waals surface area contributed by atoms with Crippen LogP contribution in [-0.2, 0) is 9.59 Å². The maximum Gasteiger partial charge on any atom is 0.269 e. The average molecular weight is 407 g/mol. The first-order valence-corrected chi connectivity index (χ1v) is 10.0. The number of nitro groups is 1. The van der Waals surface area contributed by atoms with Crippen LogP contribution in [0, 0.1) is 16.0 Å². The van der Waals surface area contributed by atoms with Crippen LogP contribution in [0.3, 0.4) is 0 Å². The number of hydrogen-bond acceptors (Lipinski definition) is 4. The van der Waals surface area contributed by atoms with Crippen LogP contribution in [-0.4, -0.2) is 34.7 Å². The molecular formula is C23H25N3O4. The minimum atomic E-state index is -0.447. The Morgan fingerprint density at radius 2 is 1.83 bits per heavy atom. The first kappa shape index (κ1) is 21.2. The van der Waals surface area contributed by atoms with E-state index in [-0.39, 0.29) is 29.5 Å². The summed E-state index contributed by atoms with van der Waals surface area (Å²) in [7, 11) is 0. The zero-order chi connectivity index (χ0) is 21.5. The van der Waals surface area contributed by atoms with Gasteiger partial charge in [0.15, 0.2) is 0 Å². The number of carbonyl (C=O) groups excluding carboxylic acids is 2. The lowest BCUT2D eigenvalue weighted by molar-refractivity contribution is -0.384. The molecule has 0 radical (unpaired) electrons. The first-order chi connectivity index (χ1) is 14.4. The van der Waals surface area contributed by atoms with Gasteiger partial charge in [0.1, 0.15) is 0 Å². The van der Waals surface area contributed by atoms with Gasteiger partial charge in [0.2, 0.25) is 11.8 Å². The normalized spacial score (nSPS) is 15.7. The van der Waals surface area contributed by atoms with E-state index in [9.17, 15) is 19.7 Å². The van der Waals surface area contributed by atoms with Crippen LogP contribution in [0.2, 0.25) is 0 Å². The Bertz CT molecular complexity index is 934. The molecule has 156 valence electrons. The van der Waals surface area contributed by atoms with Gasteiger partial charge in [-0.1, -0.05) is 42.5 Å². The molecule has 0 spiro atoms. The average Bonchev–Trinajstić information content (AvgIpc) is 2.78. The Labute approximate surface area is 175 Å². The highest BCUT2D eigenvalue weighted by Gasteiger charge is 2.27. The molecule has 3 rings (SSSR count). The van der Waals surface area contributed by atoms with Crippen LogP contribution < -0.4 is 5.32 Å². The van der Waals surface area contributed by atoms with Gasteiger partial charge >= 0.3 is 0 Å². The molecule has 1 atom stereocenters. The second-order valence-electron chi connectivity index (χ2n) is 7.43. The van der Waals surface area contributed by atoms with Crippen LogP contribution >= 0.6 is 0 Å². The monoisotopic (exact) mass is 407 g/mol. The largest absolute Gasteiger partial charge is 0.349 e. The van der Waals surface area contributed by atoms with Gasteiger partial charge in [-0.25, -0.2) is 0 Å². The summed E-state index contributed by atoms with van der Waals surface area (Å²) in [6, 6.07) is 15.6. The number of nitrogens with one attached hydrogen (secondary N) is 1. The molecule has 2 aromatic carbocycles. The van der Waals surface area contributed by atoms with Gasteiger partial charge in [-0.05, 0) is 37.0 Å². The van der Waals surface area contributed by atoms with Crippen molar-refractivity contribution in [1.82, 2.24) is 10.2 Å². The predicted octanol–water partition coefficient (Wildman–Crippen LogP) is 3.72. The van der Waals surface area contributed by atoms with Crippen LogP contribution in [0.1, 0.15) is 36.9 Å². The van der Waals surface area contributed by atoms with Crippen LogP contribution in [0.15, 0.2) is 60.7 Å². The Balaban J connectivity index is 1.50. The molecule has 2 aromatic rings. The van der Waals surface area contributed by atoms with E-state index in [2.05, 4.69) is 5.32 Å². The minimum absolute atomic E-state index is 0.00368. The van der Waals surface area contributed by atoms with Gasteiger partial charge in [-0.3, -0.25) is 19.7 Å². The lowest BCUT2D eigenvalue weighted by atomic mass is 9.95. The first-order valence-electron chi connectivity index (χ1n) is 10.0. The Kier molecular flexibility index (Phi) is 6.95. The number of likely N-dealkylation sites (tertiary alicyclic amines) is 1. The number of non-ortho nitro benzene ring substituents is 1. The van der Waals surface area contributed by atoms with Crippen molar-refractivity contribution in [2.24, 2.45) is 5.92 Å². The SMILES string of the molecule is CC(NC(=O)C1CCN(C(=O)/C=C/c2ccccc2)CC1)c1cccc([N+](=O)[O-])c1. The van der Waals surface area contributed by atoms with E-state index in [1.54, 1.807) is 29.2 Å². The molecule has 1 unspecified atom stereocenters. The highest BCUT2D eigenvalue weighted by Crippen LogP contribution is 2.22. The van der Waals surface area contributed by atoms with Crippen molar-refractivity contribution in [3.63, 3.8) is 0 Å². The van der Waals surface area contributed by atoms with Crippen molar-refractivity contribution in [1.29, 1.82) is 0 Å². The fourth-order valence-corrected chi connectivity index (χ4v) is 3.52. The molecule has 7 nitrogen and oxygen atoms in total. The number of carbonyl (C=O) groups is 2. The van der Waals surface area contributed by atoms with Gasteiger partial charge in [-0.2, -0.15) is 0 Å². The van der Waals surface area contributed by atoms with E-state index < -0.39 is 4.92 Å². The van der Waals surface area contributed by atoms with Gasteiger partial charge in [-0.15, -0.1) is 0 Å². The second-order valence-corrected chi connectivity index (χ2v) is 7.43. The topological polar surface area (TPSA) is 92.6 Å². The summed E-state index contributed by atoms with van der Waals surface area (Å²) < 4.78 is 0. The van der Waals surface area contributed by atoms with Crippen molar-refractivity contribution in [2.75, 3.05) is 13.1 Å². The number of nitrogens with zero attached hydrogens (tertiary/aromatic N) is 2. The fourth-order valence-electron chi connectivity index (χ4n) is 3.52. The molecule has 0 aromatic heterocycles. The van der Waals surface area contributed by atoms with E-state index >= 15 is 0 Å². The molecule has 7 heteroatoms. The third-order valence-corrected chi connectivity index (χ3v) is 5.34. The summed E-state index contributed by atoms with van der Waals surface area (Å²) in [6.07, 6.45) is 4.55. The minimum Gasteiger partial charge on any atom is -0.349 e. The number of piperidine rings is 1. The van der Waals surface area contributed by atoms with Crippen molar-refractivity contribution < 1.29 is 14.5 Å². The molecule has 1 heterocycles. The number of nitro benzene ring substituents is 1. The summed E-state index contributed by atoms with van der Waals surface area (Å²) in [5.41, 5.74) is 1.66. The summed E-state index contributed by atoms with van der Waals surface area (Å²) in [5.74, 6) is -0.308. The Morgan fingerprint density at radius 3 is 2.50 bits per heavy atom. The smallest absolute Gasteiger partial charge is 0.269 e. The van der Waals surface area contributed by atoms with Gasteiger partial charge in [0.25, 0.3) is 5.69 Å². The fraction of sp³-hybridized carbons (Fsp3) is 0.304. The molecule has 0 saturated carbocycles. The lowest BCUT2D eigenvalue weighted by Gasteiger charge is -2.31. The van der Waals surface area contributed by atoms with Crippen LogP contribution in [0.25, 0.3) is 6.08 Å². The summed E-state index contributed by atoms with van der Waals surface area (Å²) in [6.45, 7) is 2.87. The molecule has 1 saturated heterocycles. The van der Waals surface area contributed by atoms with E-state index in [1.165, 1.54) is 12.1 Å².